The van der Waals surface area contributed by atoms with Gasteiger partial charge in [-0.2, -0.15) is 15.2 Å². The molecule has 0 saturated heterocycles. The molecule has 0 unspecified atom stereocenters. The van der Waals surface area contributed by atoms with Gasteiger partial charge < -0.3 is 9.84 Å². The van der Waals surface area contributed by atoms with Crippen molar-refractivity contribution in [2.75, 3.05) is 7.11 Å². The molecular weight excluding hydrogens is 334 g/mol. The molecule has 1 aliphatic heterocycles. The number of nitrogens with one attached hydrogen (secondary N) is 1. The van der Waals surface area contributed by atoms with E-state index in [4.69, 9.17) is 4.74 Å². The van der Waals surface area contributed by atoms with Gasteiger partial charge >= 0.3 is 0 Å². The van der Waals surface area contributed by atoms with Crippen LogP contribution in [0.15, 0.2) is 35.4 Å². The smallest absolute Gasteiger partial charge is 0.294 e. The maximum absolute atomic E-state index is 13.2. The number of rotatable bonds is 4. The Labute approximate surface area is 141 Å². The molecule has 1 aromatic heterocycles. The minimum atomic E-state index is -3.15. The molecule has 0 fully saturated rings. The number of H-pyrrole nitrogens is 1. The lowest BCUT2D eigenvalue weighted by molar-refractivity contribution is -0.164. The second kappa shape index (κ2) is 6.25. The summed E-state index contributed by atoms with van der Waals surface area (Å²) in [6.07, 6.45) is -3.56. The molecule has 1 aromatic carbocycles. The molecule has 1 amide bonds. The van der Waals surface area contributed by atoms with Crippen molar-refractivity contribution in [2.45, 2.75) is 25.5 Å². The van der Waals surface area contributed by atoms with Crippen molar-refractivity contribution in [3.63, 3.8) is 0 Å². The highest BCUT2D eigenvalue weighted by Gasteiger charge is 2.51. The summed E-state index contributed by atoms with van der Waals surface area (Å²) in [6.45, 7) is 1.47. The molecule has 0 radical (unpaired) electrons. The average molecular weight is 350 g/mol. The average Bonchev–Trinajstić information content (AvgIpc) is 3.20. The first-order valence-corrected chi connectivity index (χ1v) is 7.44. The molecule has 132 valence electrons. The molecular formula is C16H16F2N4O3. The highest BCUT2D eigenvalue weighted by atomic mass is 19.3. The quantitative estimate of drug-likeness (QED) is 0.885. The number of nitrogens with zero attached hydrogens (tertiary/aromatic N) is 3. The summed E-state index contributed by atoms with van der Waals surface area (Å²) in [7, 11) is 1.53. The Morgan fingerprint density at radius 1 is 1.44 bits per heavy atom. The number of hydrogen-bond acceptors (Lipinski definition) is 5. The van der Waals surface area contributed by atoms with E-state index < -0.39 is 24.5 Å². The summed E-state index contributed by atoms with van der Waals surface area (Å²) in [5.41, 5.74) is -1.36. The number of carbonyl (C=O) groups excluding carboxylic acids is 1. The summed E-state index contributed by atoms with van der Waals surface area (Å²) in [4.78, 5) is 12.5. The molecule has 3 rings (SSSR count). The third-order valence-electron chi connectivity index (χ3n) is 3.87. The third-order valence-corrected chi connectivity index (χ3v) is 3.87. The van der Waals surface area contributed by atoms with Gasteiger partial charge in [0.2, 0.25) is 5.72 Å². The molecule has 0 spiro atoms. The minimum absolute atomic E-state index is 0.0599. The van der Waals surface area contributed by atoms with Crippen LogP contribution in [0.1, 0.15) is 23.8 Å². The van der Waals surface area contributed by atoms with Gasteiger partial charge in [-0.05, 0) is 25.1 Å². The first kappa shape index (κ1) is 17.0. The zero-order valence-corrected chi connectivity index (χ0v) is 13.5. The number of alkyl halides is 2. The molecule has 0 aliphatic carbocycles. The molecule has 0 bridgehead atoms. The summed E-state index contributed by atoms with van der Waals surface area (Å²) in [5.74, 6) is -0.276. The zero-order valence-electron chi connectivity index (χ0n) is 13.5. The number of hydrogen-bond donors (Lipinski definition) is 2. The van der Waals surface area contributed by atoms with Crippen LogP contribution in [-0.4, -0.2) is 51.2 Å². The summed E-state index contributed by atoms with van der Waals surface area (Å²) >= 11 is 0. The van der Waals surface area contributed by atoms with Gasteiger partial charge in [0.15, 0.2) is 0 Å². The number of aliphatic hydroxyl groups is 1. The Morgan fingerprint density at radius 2 is 2.20 bits per heavy atom. The van der Waals surface area contributed by atoms with E-state index in [1.165, 1.54) is 20.1 Å². The first-order chi connectivity index (χ1) is 11.8. The lowest BCUT2D eigenvalue weighted by Crippen LogP contribution is -2.51. The van der Waals surface area contributed by atoms with Crippen molar-refractivity contribution < 1.29 is 23.4 Å². The van der Waals surface area contributed by atoms with E-state index in [9.17, 15) is 18.7 Å². The highest BCUT2D eigenvalue weighted by molar-refractivity contribution is 5.97. The summed E-state index contributed by atoms with van der Waals surface area (Å²) in [5, 5.41) is 20.8. The predicted molar refractivity (Wildman–Crippen MR) is 85.4 cm³/mol. The number of hydrazone groups is 1. The van der Waals surface area contributed by atoms with Crippen LogP contribution in [0.25, 0.3) is 11.3 Å². The number of halogens is 2. The molecule has 1 aliphatic rings. The van der Waals surface area contributed by atoms with E-state index in [-0.39, 0.29) is 11.4 Å². The first-order valence-electron chi connectivity index (χ1n) is 7.44. The summed E-state index contributed by atoms with van der Waals surface area (Å²) < 4.78 is 31.6. The van der Waals surface area contributed by atoms with E-state index >= 15 is 0 Å². The van der Waals surface area contributed by atoms with Crippen LogP contribution in [0.5, 0.6) is 5.75 Å². The van der Waals surface area contributed by atoms with E-state index in [1.54, 1.807) is 24.3 Å². The van der Waals surface area contributed by atoms with Gasteiger partial charge in [-0.3, -0.25) is 9.89 Å². The van der Waals surface area contributed by atoms with E-state index in [0.717, 1.165) is 0 Å². The van der Waals surface area contributed by atoms with Gasteiger partial charge in [-0.15, -0.1) is 0 Å². The van der Waals surface area contributed by atoms with E-state index in [1.807, 2.05) is 0 Å². The predicted octanol–water partition coefficient (Wildman–Crippen LogP) is 2.26. The summed E-state index contributed by atoms with van der Waals surface area (Å²) in [6, 6.07) is 8.41. The maximum atomic E-state index is 13.2. The Hall–Kier alpha value is -2.81. The zero-order chi connectivity index (χ0) is 18.2. The molecule has 9 heteroatoms. The van der Waals surface area contributed by atoms with Gasteiger partial charge in [0, 0.05) is 17.7 Å². The van der Waals surface area contributed by atoms with Crippen LogP contribution in [-0.2, 0) is 0 Å². The Kier molecular flexibility index (Phi) is 4.25. The number of aromatic amines is 1. The maximum Gasteiger partial charge on any atom is 0.294 e. The normalized spacial score (nSPS) is 20.1. The van der Waals surface area contributed by atoms with Gasteiger partial charge in [-0.1, -0.05) is 12.1 Å². The fourth-order valence-corrected chi connectivity index (χ4v) is 2.61. The van der Waals surface area contributed by atoms with Crippen molar-refractivity contribution in [1.82, 2.24) is 15.2 Å². The minimum Gasteiger partial charge on any atom is -0.497 e. The molecule has 2 N–H and O–H groups in total. The van der Waals surface area contributed by atoms with Crippen LogP contribution in [0, 0.1) is 0 Å². The van der Waals surface area contributed by atoms with Crippen LogP contribution in [0.2, 0.25) is 0 Å². The number of benzene rings is 1. The number of amides is 1. The Bertz CT molecular complexity index is 836. The largest absolute Gasteiger partial charge is 0.497 e. The standard InChI is InChI=1S/C16H16F2N4O3/c1-9-8-16(24,15(17)18)22(21-9)14(23)13-7-12(19-20-13)10-4-3-5-11(6-10)25-2/h3-7,15,24H,8H2,1-2H3,(H,19,20)/t16-/m0/s1. The Balaban J connectivity index is 1.90. The number of ether oxygens (including phenoxy) is 1. The van der Waals surface area contributed by atoms with E-state index in [2.05, 4.69) is 15.3 Å². The lowest BCUT2D eigenvalue weighted by Gasteiger charge is -2.29. The number of aromatic nitrogens is 2. The van der Waals surface area contributed by atoms with Crippen molar-refractivity contribution >= 4 is 11.6 Å². The third kappa shape index (κ3) is 2.98. The molecule has 7 nitrogen and oxygen atoms in total. The van der Waals surface area contributed by atoms with Crippen LogP contribution in [0.4, 0.5) is 8.78 Å². The SMILES string of the molecule is COc1cccc(-c2cc(C(=O)N3N=C(C)C[C@]3(O)C(F)F)[nH]n2)c1. The van der Waals surface area contributed by atoms with Gasteiger partial charge in [0.05, 0.1) is 12.8 Å². The molecule has 0 saturated carbocycles. The lowest BCUT2D eigenvalue weighted by atomic mass is 10.1. The topological polar surface area (TPSA) is 90.8 Å². The van der Waals surface area contributed by atoms with Crippen molar-refractivity contribution in [3.05, 3.63) is 36.0 Å². The number of methoxy groups -OCH3 is 1. The van der Waals surface area contributed by atoms with Crippen molar-refractivity contribution in [2.24, 2.45) is 5.10 Å². The fourth-order valence-electron chi connectivity index (χ4n) is 2.61. The second-order valence-corrected chi connectivity index (χ2v) is 5.71. The van der Waals surface area contributed by atoms with Crippen LogP contribution >= 0.6 is 0 Å². The van der Waals surface area contributed by atoms with Gasteiger partial charge in [0.25, 0.3) is 12.3 Å². The molecule has 2 aromatic rings. The van der Waals surface area contributed by atoms with Gasteiger partial charge in [0.1, 0.15) is 11.4 Å². The van der Waals surface area contributed by atoms with Crippen molar-refractivity contribution in [1.29, 1.82) is 0 Å². The highest BCUT2D eigenvalue weighted by Crippen LogP contribution is 2.33. The molecule has 1 atom stereocenters. The van der Waals surface area contributed by atoms with Crippen LogP contribution < -0.4 is 4.74 Å². The fraction of sp³-hybridized carbons (Fsp3) is 0.312. The Morgan fingerprint density at radius 3 is 2.88 bits per heavy atom. The van der Waals surface area contributed by atoms with Gasteiger partial charge in [-0.25, -0.2) is 8.78 Å². The molecule has 25 heavy (non-hydrogen) atoms. The number of carbonyl (C=O) groups is 1. The molecule has 2 heterocycles. The monoisotopic (exact) mass is 350 g/mol. The van der Waals surface area contributed by atoms with E-state index in [0.29, 0.717) is 22.0 Å². The second-order valence-electron chi connectivity index (χ2n) is 5.71. The van der Waals surface area contributed by atoms with Crippen molar-refractivity contribution in [3.8, 4) is 17.0 Å². The van der Waals surface area contributed by atoms with Crippen LogP contribution in [0.3, 0.4) is 0 Å².